The summed E-state index contributed by atoms with van der Waals surface area (Å²) >= 11 is 0. The third kappa shape index (κ3) is 2.03. The molecule has 94 valence electrons. The number of carbonyl (C=O) groups excluding carboxylic acids is 2. The quantitative estimate of drug-likeness (QED) is 0.825. The van der Waals surface area contributed by atoms with Crippen molar-refractivity contribution in [2.45, 2.75) is 6.42 Å². The number of nitrogens with zero attached hydrogens (tertiary/aromatic N) is 2. The smallest absolute Gasteiger partial charge is 0.286 e. The molecule has 3 rings (SSSR count). The summed E-state index contributed by atoms with van der Waals surface area (Å²) in [6.07, 6.45) is 1.84. The zero-order chi connectivity index (χ0) is 13.4. The number of carbonyl (C=O) groups is 2. The van der Waals surface area contributed by atoms with Crippen LogP contribution in [0.4, 0.5) is 5.69 Å². The van der Waals surface area contributed by atoms with Crippen molar-refractivity contribution in [2.24, 2.45) is 5.73 Å². The lowest BCUT2D eigenvalue weighted by Gasteiger charge is -2.04. The first-order chi connectivity index (χ1) is 9.13. The van der Waals surface area contributed by atoms with Gasteiger partial charge in [-0.1, -0.05) is 6.07 Å². The van der Waals surface area contributed by atoms with Crippen LogP contribution in [0.2, 0.25) is 0 Å². The second-order valence-corrected chi connectivity index (χ2v) is 4.23. The van der Waals surface area contributed by atoms with Crippen LogP contribution in [-0.2, 0) is 11.2 Å². The van der Waals surface area contributed by atoms with Crippen molar-refractivity contribution >= 4 is 17.5 Å². The average molecular weight is 254 g/mol. The molecule has 6 heteroatoms. The van der Waals surface area contributed by atoms with E-state index in [-0.39, 0.29) is 11.7 Å². The highest BCUT2D eigenvalue weighted by molar-refractivity contribution is 5.99. The highest BCUT2D eigenvalue weighted by Gasteiger charge is 2.18. The van der Waals surface area contributed by atoms with Gasteiger partial charge in [0.1, 0.15) is 0 Å². The molecule has 0 unspecified atom stereocenters. The van der Waals surface area contributed by atoms with E-state index in [9.17, 15) is 9.59 Å². The molecule has 0 atom stereocenters. The summed E-state index contributed by atoms with van der Waals surface area (Å²) in [7, 11) is 0. The Morgan fingerprint density at radius 3 is 2.95 bits per heavy atom. The summed E-state index contributed by atoms with van der Waals surface area (Å²) in [5.41, 5.74) is 8.31. The first-order valence-electron chi connectivity index (χ1n) is 5.69. The van der Waals surface area contributed by atoms with Crippen molar-refractivity contribution in [1.82, 2.24) is 9.97 Å². The third-order valence-corrected chi connectivity index (χ3v) is 2.90. The summed E-state index contributed by atoms with van der Waals surface area (Å²) < 4.78 is 0. The van der Waals surface area contributed by atoms with Gasteiger partial charge in [0.15, 0.2) is 0 Å². The molecule has 1 aromatic carbocycles. The number of fused-ring (bicyclic) bond motifs is 1. The van der Waals surface area contributed by atoms with Crippen LogP contribution >= 0.6 is 0 Å². The molecule has 19 heavy (non-hydrogen) atoms. The van der Waals surface area contributed by atoms with Crippen molar-refractivity contribution in [1.29, 1.82) is 0 Å². The summed E-state index contributed by atoms with van der Waals surface area (Å²) in [5, 5.41) is 2.76. The molecule has 0 saturated carbocycles. The number of hydrogen-bond donors (Lipinski definition) is 2. The maximum absolute atomic E-state index is 11.3. The molecule has 1 aliphatic rings. The first kappa shape index (κ1) is 11.3. The van der Waals surface area contributed by atoms with Crippen LogP contribution in [-0.4, -0.2) is 21.8 Å². The highest BCUT2D eigenvalue weighted by atomic mass is 16.2. The SMILES string of the molecule is NC(=O)c1nccc(-c2ccc3c(c2)CC(=O)N3)n1. The Kier molecular flexibility index (Phi) is 2.49. The monoisotopic (exact) mass is 254 g/mol. The number of nitrogens with two attached hydrogens (primary N) is 1. The van der Waals surface area contributed by atoms with Crippen LogP contribution < -0.4 is 11.1 Å². The summed E-state index contributed by atoms with van der Waals surface area (Å²) in [5.74, 6) is -0.709. The molecular weight excluding hydrogens is 244 g/mol. The number of primary amides is 1. The van der Waals surface area contributed by atoms with Gasteiger partial charge in [0.05, 0.1) is 12.1 Å². The molecule has 0 bridgehead atoms. The zero-order valence-electron chi connectivity index (χ0n) is 9.88. The zero-order valence-corrected chi connectivity index (χ0v) is 9.88. The second kappa shape index (κ2) is 4.16. The Hall–Kier alpha value is -2.76. The fourth-order valence-electron chi connectivity index (χ4n) is 2.03. The van der Waals surface area contributed by atoms with Gasteiger partial charge in [-0.3, -0.25) is 9.59 Å². The van der Waals surface area contributed by atoms with E-state index < -0.39 is 5.91 Å². The van der Waals surface area contributed by atoms with E-state index in [0.29, 0.717) is 12.1 Å². The van der Waals surface area contributed by atoms with E-state index in [2.05, 4.69) is 15.3 Å². The Morgan fingerprint density at radius 2 is 2.16 bits per heavy atom. The minimum absolute atomic E-state index is 0.0207. The molecule has 2 heterocycles. The Labute approximate surface area is 108 Å². The molecule has 3 N–H and O–H groups in total. The van der Waals surface area contributed by atoms with Crippen molar-refractivity contribution < 1.29 is 9.59 Å². The van der Waals surface area contributed by atoms with Crippen LogP contribution in [0.25, 0.3) is 11.3 Å². The van der Waals surface area contributed by atoms with Crippen molar-refractivity contribution in [3.05, 3.63) is 41.9 Å². The number of aromatic nitrogens is 2. The van der Waals surface area contributed by atoms with E-state index >= 15 is 0 Å². The largest absolute Gasteiger partial charge is 0.363 e. The predicted octanol–water partition coefficient (Wildman–Crippen LogP) is 0.737. The highest BCUT2D eigenvalue weighted by Crippen LogP contribution is 2.27. The maximum Gasteiger partial charge on any atom is 0.286 e. The van der Waals surface area contributed by atoms with Crippen molar-refractivity contribution in [3.8, 4) is 11.3 Å². The van der Waals surface area contributed by atoms with Gasteiger partial charge in [-0.2, -0.15) is 0 Å². The minimum Gasteiger partial charge on any atom is -0.363 e. The molecule has 0 fully saturated rings. The lowest BCUT2D eigenvalue weighted by molar-refractivity contribution is -0.115. The second-order valence-electron chi connectivity index (χ2n) is 4.23. The number of hydrogen-bond acceptors (Lipinski definition) is 4. The summed E-state index contributed by atoms with van der Waals surface area (Å²) in [4.78, 5) is 30.2. The first-order valence-corrected chi connectivity index (χ1v) is 5.69. The van der Waals surface area contributed by atoms with E-state index in [1.54, 1.807) is 6.07 Å². The Bertz CT molecular complexity index is 697. The molecule has 2 amide bonds. The molecule has 0 aliphatic carbocycles. The van der Waals surface area contributed by atoms with Crippen LogP contribution in [0.15, 0.2) is 30.5 Å². The van der Waals surface area contributed by atoms with Gasteiger partial charge in [-0.15, -0.1) is 0 Å². The fraction of sp³-hybridized carbons (Fsp3) is 0.0769. The van der Waals surface area contributed by atoms with Crippen molar-refractivity contribution in [3.63, 3.8) is 0 Å². The lowest BCUT2D eigenvalue weighted by atomic mass is 10.1. The van der Waals surface area contributed by atoms with E-state index in [0.717, 1.165) is 16.8 Å². The third-order valence-electron chi connectivity index (χ3n) is 2.90. The normalized spacial score (nSPS) is 12.9. The number of rotatable bonds is 2. The van der Waals surface area contributed by atoms with Gasteiger partial charge >= 0.3 is 0 Å². The fourth-order valence-corrected chi connectivity index (χ4v) is 2.03. The molecule has 1 aromatic heterocycles. The van der Waals surface area contributed by atoms with E-state index in [1.165, 1.54) is 6.20 Å². The van der Waals surface area contributed by atoms with Gasteiger partial charge < -0.3 is 11.1 Å². The lowest BCUT2D eigenvalue weighted by Crippen LogP contribution is -2.15. The number of benzene rings is 1. The minimum atomic E-state index is -0.667. The van der Waals surface area contributed by atoms with Gasteiger partial charge in [0.25, 0.3) is 5.91 Å². The Balaban J connectivity index is 2.04. The van der Waals surface area contributed by atoms with Gasteiger partial charge in [-0.25, -0.2) is 9.97 Å². The molecule has 0 spiro atoms. The molecule has 0 saturated heterocycles. The van der Waals surface area contributed by atoms with Gasteiger partial charge in [0, 0.05) is 17.4 Å². The van der Waals surface area contributed by atoms with Crippen LogP contribution in [0.3, 0.4) is 0 Å². The predicted molar refractivity (Wildman–Crippen MR) is 68.3 cm³/mol. The summed E-state index contributed by atoms with van der Waals surface area (Å²) in [6.45, 7) is 0. The van der Waals surface area contributed by atoms with Crippen LogP contribution in [0, 0.1) is 0 Å². The Morgan fingerprint density at radius 1 is 1.32 bits per heavy atom. The molecule has 6 nitrogen and oxygen atoms in total. The number of anilines is 1. The molecule has 2 aromatic rings. The molecule has 0 radical (unpaired) electrons. The van der Waals surface area contributed by atoms with E-state index in [1.807, 2.05) is 18.2 Å². The topological polar surface area (TPSA) is 98.0 Å². The molecular formula is C13H10N4O2. The van der Waals surface area contributed by atoms with Gasteiger partial charge in [0.2, 0.25) is 11.7 Å². The number of amides is 2. The van der Waals surface area contributed by atoms with Crippen LogP contribution in [0.1, 0.15) is 16.2 Å². The molecule has 1 aliphatic heterocycles. The number of nitrogens with one attached hydrogen (secondary N) is 1. The van der Waals surface area contributed by atoms with Crippen LogP contribution in [0.5, 0.6) is 0 Å². The maximum atomic E-state index is 11.3. The van der Waals surface area contributed by atoms with Crippen molar-refractivity contribution in [2.75, 3.05) is 5.32 Å². The standard InChI is InChI=1S/C13H10N4O2/c14-12(19)13-15-4-3-10(17-13)7-1-2-9-8(5-7)6-11(18)16-9/h1-5H,6H2,(H2,14,19)(H,16,18). The summed E-state index contributed by atoms with van der Waals surface area (Å²) in [6, 6.07) is 7.22. The van der Waals surface area contributed by atoms with E-state index in [4.69, 9.17) is 5.73 Å². The average Bonchev–Trinajstić information content (AvgIpc) is 2.77. The van der Waals surface area contributed by atoms with Gasteiger partial charge in [-0.05, 0) is 23.8 Å².